The highest BCUT2D eigenvalue weighted by Gasteiger charge is 2.15. The molecule has 2 rings (SSSR count). The third-order valence-electron chi connectivity index (χ3n) is 2.00. The van der Waals surface area contributed by atoms with Crippen molar-refractivity contribution in [3.8, 4) is 0 Å². The summed E-state index contributed by atoms with van der Waals surface area (Å²) in [4.78, 5) is 13.7. The molecule has 0 bridgehead atoms. The topological polar surface area (TPSA) is 91.7 Å². The highest BCUT2D eigenvalue weighted by atomic mass is 16.6. The first-order valence-corrected chi connectivity index (χ1v) is 4.17. The van der Waals surface area contributed by atoms with Crippen molar-refractivity contribution in [2.75, 3.05) is 0 Å². The van der Waals surface area contributed by atoms with Gasteiger partial charge in [0.25, 0.3) is 0 Å². The van der Waals surface area contributed by atoms with E-state index in [0.717, 1.165) is 5.69 Å². The highest BCUT2D eigenvalue weighted by Crippen LogP contribution is 2.09. The lowest BCUT2D eigenvalue weighted by molar-refractivity contribution is -0.396. The number of nitrogens with zero attached hydrogens (tertiary/aromatic N) is 6. The summed E-state index contributed by atoms with van der Waals surface area (Å²) in [5.41, 5.74) is 0.774. The summed E-state index contributed by atoms with van der Waals surface area (Å²) < 4.78 is 2.99. The Morgan fingerprint density at radius 1 is 1.60 bits per heavy atom. The van der Waals surface area contributed by atoms with Crippen LogP contribution >= 0.6 is 0 Å². The van der Waals surface area contributed by atoms with Crippen LogP contribution in [0.2, 0.25) is 0 Å². The average Bonchev–Trinajstić information content (AvgIpc) is 2.77. The van der Waals surface area contributed by atoms with E-state index in [2.05, 4.69) is 15.3 Å². The summed E-state index contributed by atoms with van der Waals surface area (Å²) in [7, 11) is 1.73. The molecule has 15 heavy (non-hydrogen) atoms. The Kier molecular flexibility index (Phi) is 2.16. The molecule has 2 heterocycles. The molecule has 0 unspecified atom stereocenters. The lowest BCUT2D eigenvalue weighted by Gasteiger charge is -2.00. The SMILES string of the molecule is Cn1nncc1Cn1ccnc1[N+](=O)[O-]. The molecule has 0 aliphatic rings. The van der Waals surface area contributed by atoms with Gasteiger partial charge in [0.15, 0.2) is 0 Å². The largest absolute Gasteiger partial charge is 0.434 e. The molecular formula is C7H8N6O2. The Hall–Kier alpha value is -2.25. The number of nitro groups is 1. The van der Waals surface area contributed by atoms with Crippen molar-refractivity contribution in [1.82, 2.24) is 24.5 Å². The molecule has 0 spiro atoms. The molecule has 0 aromatic carbocycles. The van der Waals surface area contributed by atoms with Gasteiger partial charge in [-0.15, -0.1) is 5.10 Å². The van der Waals surface area contributed by atoms with Gasteiger partial charge >= 0.3 is 5.95 Å². The van der Waals surface area contributed by atoms with Gasteiger partial charge in [-0.25, -0.2) is 9.25 Å². The minimum Gasteiger partial charge on any atom is -0.390 e. The zero-order valence-electron chi connectivity index (χ0n) is 7.94. The van der Waals surface area contributed by atoms with E-state index in [9.17, 15) is 10.1 Å². The third-order valence-corrected chi connectivity index (χ3v) is 2.00. The molecule has 2 aromatic heterocycles. The van der Waals surface area contributed by atoms with Gasteiger partial charge in [-0.2, -0.15) is 0 Å². The van der Waals surface area contributed by atoms with Crippen molar-refractivity contribution in [2.24, 2.45) is 7.05 Å². The van der Waals surface area contributed by atoms with Gasteiger partial charge in [0, 0.05) is 7.05 Å². The van der Waals surface area contributed by atoms with E-state index < -0.39 is 4.92 Å². The molecule has 0 radical (unpaired) electrons. The molecule has 0 aliphatic carbocycles. The summed E-state index contributed by atoms with van der Waals surface area (Å²) >= 11 is 0. The molecule has 0 fully saturated rings. The molecule has 8 nitrogen and oxygen atoms in total. The van der Waals surface area contributed by atoms with Crippen LogP contribution in [0.25, 0.3) is 0 Å². The van der Waals surface area contributed by atoms with Crippen molar-refractivity contribution in [3.63, 3.8) is 0 Å². The van der Waals surface area contributed by atoms with E-state index in [1.165, 1.54) is 10.8 Å². The maximum absolute atomic E-state index is 10.6. The first-order valence-electron chi connectivity index (χ1n) is 4.17. The smallest absolute Gasteiger partial charge is 0.390 e. The Bertz CT molecular complexity index is 487. The maximum atomic E-state index is 10.6. The van der Waals surface area contributed by atoms with Crippen LogP contribution in [-0.2, 0) is 13.6 Å². The number of hydrogen-bond donors (Lipinski definition) is 0. The van der Waals surface area contributed by atoms with Crippen LogP contribution in [0.3, 0.4) is 0 Å². The molecule has 8 heteroatoms. The summed E-state index contributed by atoms with van der Waals surface area (Å²) in [5, 5.41) is 18.0. The zero-order valence-corrected chi connectivity index (χ0v) is 7.94. The van der Waals surface area contributed by atoms with Crippen LogP contribution < -0.4 is 0 Å². The lowest BCUT2D eigenvalue weighted by atomic mass is 10.4. The van der Waals surface area contributed by atoms with E-state index in [0.29, 0.717) is 6.54 Å². The monoisotopic (exact) mass is 208 g/mol. The van der Waals surface area contributed by atoms with Gasteiger partial charge in [0.05, 0.1) is 11.9 Å². The fraction of sp³-hybridized carbons (Fsp3) is 0.286. The number of aryl methyl sites for hydroxylation is 1. The normalized spacial score (nSPS) is 10.5. The summed E-state index contributed by atoms with van der Waals surface area (Å²) in [6, 6.07) is 0. The highest BCUT2D eigenvalue weighted by molar-refractivity contribution is 5.09. The quantitative estimate of drug-likeness (QED) is 0.521. The molecule has 0 amide bonds. The summed E-state index contributed by atoms with van der Waals surface area (Å²) in [6.07, 6.45) is 4.50. The number of rotatable bonds is 3. The summed E-state index contributed by atoms with van der Waals surface area (Å²) in [6.45, 7) is 0.333. The van der Waals surface area contributed by atoms with Gasteiger partial charge in [-0.3, -0.25) is 0 Å². The fourth-order valence-corrected chi connectivity index (χ4v) is 1.23. The van der Waals surface area contributed by atoms with Crippen molar-refractivity contribution >= 4 is 5.95 Å². The van der Waals surface area contributed by atoms with E-state index in [4.69, 9.17) is 0 Å². The molecule has 0 saturated carbocycles. The van der Waals surface area contributed by atoms with Crippen LogP contribution in [-0.4, -0.2) is 29.5 Å². The van der Waals surface area contributed by atoms with Crippen LogP contribution in [0.5, 0.6) is 0 Å². The van der Waals surface area contributed by atoms with Gasteiger partial charge < -0.3 is 10.1 Å². The third kappa shape index (κ3) is 1.68. The number of hydrogen-bond acceptors (Lipinski definition) is 5. The summed E-state index contributed by atoms with van der Waals surface area (Å²) in [5.74, 6) is -0.184. The Balaban J connectivity index is 2.28. The lowest BCUT2D eigenvalue weighted by Crippen LogP contribution is -2.07. The van der Waals surface area contributed by atoms with Gasteiger partial charge in [-0.05, 0) is 4.92 Å². The molecule has 78 valence electrons. The van der Waals surface area contributed by atoms with E-state index >= 15 is 0 Å². The van der Waals surface area contributed by atoms with Crippen LogP contribution in [0.15, 0.2) is 18.6 Å². The predicted molar refractivity (Wildman–Crippen MR) is 49.0 cm³/mol. The van der Waals surface area contributed by atoms with Crippen LogP contribution in [0.1, 0.15) is 5.69 Å². The number of imidazole rings is 1. The standard InChI is InChI=1S/C7H8N6O2/c1-11-6(4-9-10-11)5-12-3-2-8-7(12)13(14)15/h2-4H,5H2,1H3. The fourth-order valence-electron chi connectivity index (χ4n) is 1.23. The Labute approximate surface area is 84.3 Å². The molecule has 0 aliphatic heterocycles. The zero-order chi connectivity index (χ0) is 10.8. The Morgan fingerprint density at radius 2 is 2.40 bits per heavy atom. The minimum atomic E-state index is -0.524. The van der Waals surface area contributed by atoms with Gasteiger partial charge in [0.2, 0.25) is 0 Å². The van der Waals surface area contributed by atoms with Crippen LogP contribution in [0.4, 0.5) is 5.95 Å². The second-order valence-electron chi connectivity index (χ2n) is 2.96. The second kappa shape index (κ2) is 3.48. The molecule has 0 saturated heterocycles. The van der Waals surface area contributed by atoms with Crippen molar-refractivity contribution in [2.45, 2.75) is 6.54 Å². The molecule has 0 N–H and O–H groups in total. The Morgan fingerprint density at radius 3 is 3.00 bits per heavy atom. The second-order valence-corrected chi connectivity index (χ2v) is 2.96. The van der Waals surface area contributed by atoms with E-state index in [1.807, 2.05) is 0 Å². The average molecular weight is 208 g/mol. The molecular weight excluding hydrogens is 200 g/mol. The minimum absolute atomic E-state index is 0.184. The van der Waals surface area contributed by atoms with Crippen molar-refractivity contribution < 1.29 is 4.92 Å². The van der Waals surface area contributed by atoms with Gasteiger partial charge in [0.1, 0.15) is 18.9 Å². The van der Waals surface area contributed by atoms with E-state index in [-0.39, 0.29) is 5.95 Å². The van der Waals surface area contributed by atoms with Crippen molar-refractivity contribution in [3.05, 3.63) is 34.4 Å². The van der Waals surface area contributed by atoms with E-state index in [1.54, 1.807) is 24.1 Å². The number of aromatic nitrogens is 5. The van der Waals surface area contributed by atoms with Gasteiger partial charge in [-0.1, -0.05) is 10.2 Å². The molecule has 0 atom stereocenters. The predicted octanol–water partition coefficient (Wildman–Crippen LogP) is -0.0319. The first kappa shape index (κ1) is 9.31. The van der Waals surface area contributed by atoms with Crippen molar-refractivity contribution in [1.29, 1.82) is 0 Å². The maximum Gasteiger partial charge on any atom is 0.434 e. The first-order chi connectivity index (χ1) is 7.18. The molecule has 2 aromatic rings. The van der Waals surface area contributed by atoms with Crippen LogP contribution in [0, 0.1) is 10.1 Å².